The molecule has 0 unspecified atom stereocenters. The largest absolute Gasteiger partial charge is 0.489 e. The van der Waals surface area contributed by atoms with Crippen LogP contribution in [-0.4, -0.2) is 28.4 Å². The zero-order chi connectivity index (χ0) is 30.6. The monoisotopic (exact) mass is 587 g/mol. The Labute approximate surface area is 256 Å². The lowest BCUT2D eigenvalue weighted by atomic mass is 10.1. The van der Waals surface area contributed by atoms with Gasteiger partial charge in [0.1, 0.15) is 43.6 Å². The minimum absolute atomic E-state index is 0.120. The molecule has 1 N–H and O–H groups in total. The van der Waals surface area contributed by atoms with Crippen molar-refractivity contribution < 1.29 is 28.9 Å². The molecule has 222 valence electrons. The second-order valence-corrected chi connectivity index (χ2v) is 10.2. The average Bonchev–Trinajstić information content (AvgIpc) is 3.06. The third-order valence-electron chi connectivity index (χ3n) is 6.79. The fourth-order valence-corrected chi connectivity index (χ4v) is 4.57. The lowest BCUT2D eigenvalue weighted by Crippen LogP contribution is -2.35. The summed E-state index contributed by atoms with van der Waals surface area (Å²) in [6.07, 6.45) is 0. The van der Waals surface area contributed by atoms with Crippen LogP contribution in [0.3, 0.4) is 0 Å². The van der Waals surface area contributed by atoms with Crippen LogP contribution in [0.25, 0.3) is 0 Å². The van der Waals surface area contributed by atoms with E-state index in [0.29, 0.717) is 36.9 Å². The van der Waals surface area contributed by atoms with Gasteiger partial charge in [-0.15, -0.1) is 0 Å². The maximum Gasteiger partial charge on any atom is 0.323 e. The Bertz CT molecular complexity index is 1660. The highest BCUT2D eigenvalue weighted by Crippen LogP contribution is 2.21. The van der Waals surface area contributed by atoms with Gasteiger partial charge in [-0.3, -0.25) is 9.59 Å². The van der Waals surface area contributed by atoms with Crippen molar-refractivity contribution >= 4 is 11.9 Å². The van der Waals surface area contributed by atoms with Gasteiger partial charge in [0.05, 0.1) is 0 Å². The Morgan fingerprint density at radius 3 is 1.57 bits per heavy atom. The van der Waals surface area contributed by atoms with Crippen molar-refractivity contribution in [1.82, 2.24) is 4.90 Å². The average molecular weight is 588 g/mol. The van der Waals surface area contributed by atoms with Gasteiger partial charge >= 0.3 is 5.97 Å². The number of rotatable bonds is 14. The number of carboxylic acids is 1. The van der Waals surface area contributed by atoms with Gasteiger partial charge in [0, 0.05) is 12.1 Å². The van der Waals surface area contributed by atoms with E-state index in [1.807, 2.05) is 109 Å². The SMILES string of the molecule is O=C(O)CN(Cc1cccc(OCc2ccccc2)c1)C(=O)c1ccc(OCc2cccc(OCc3ccccc3)c2)cc1. The first-order valence-corrected chi connectivity index (χ1v) is 14.3. The molecule has 5 aromatic rings. The highest BCUT2D eigenvalue weighted by molar-refractivity contribution is 5.96. The van der Waals surface area contributed by atoms with E-state index in [9.17, 15) is 14.7 Å². The lowest BCUT2D eigenvalue weighted by Gasteiger charge is -2.21. The highest BCUT2D eigenvalue weighted by atomic mass is 16.5. The van der Waals surface area contributed by atoms with Crippen molar-refractivity contribution in [2.45, 2.75) is 26.4 Å². The predicted octanol–water partition coefficient (Wildman–Crippen LogP) is 7.15. The van der Waals surface area contributed by atoms with E-state index in [1.165, 1.54) is 4.90 Å². The summed E-state index contributed by atoms with van der Waals surface area (Å²) in [7, 11) is 0. The number of benzene rings is 5. The summed E-state index contributed by atoms with van der Waals surface area (Å²) in [5.41, 5.74) is 4.20. The number of aliphatic carboxylic acids is 1. The fourth-order valence-electron chi connectivity index (χ4n) is 4.57. The number of hydrogen-bond donors (Lipinski definition) is 1. The quantitative estimate of drug-likeness (QED) is 0.149. The third-order valence-corrected chi connectivity index (χ3v) is 6.79. The number of nitrogens with zero attached hydrogens (tertiary/aromatic N) is 1. The number of ether oxygens (including phenoxy) is 3. The smallest absolute Gasteiger partial charge is 0.323 e. The van der Waals surface area contributed by atoms with Gasteiger partial charge in [-0.05, 0) is 70.8 Å². The van der Waals surface area contributed by atoms with Crippen LogP contribution < -0.4 is 14.2 Å². The van der Waals surface area contributed by atoms with Crippen molar-refractivity contribution in [3.63, 3.8) is 0 Å². The van der Waals surface area contributed by atoms with E-state index in [1.54, 1.807) is 24.3 Å². The van der Waals surface area contributed by atoms with Crippen molar-refractivity contribution in [1.29, 1.82) is 0 Å². The van der Waals surface area contributed by atoms with Crippen LogP contribution in [0, 0.1) is 0 Å². The topological polar surface area (TPSA) is 85.3 Å². The molecular weight excluding hydrogens is 554 g/mol. The molecular formula is C37H33NO6. The molecule has 7 heteroatoms. The van der Waals surface area contributed by atoms with E-state index < -0.39 is 18.4 Å². The Hall–Kier alpha value is -5.56. The molecule has 44 heavy (non-hydrogen) atoms. The molecule has 5 aromatic carbocycles. The zero-order valence-corrected chi connectivity index (χ0v) is 24.2. The number of carboxylic acid groups (broad SMARTS) is 1. The second kappa shape index (κ2) is 15.1. The first-order chi connectivity index (χ1) is 21.5. The number of hydrogen-bond acceptors (Lipinski definition) is 5. The van der Waals surface area contributed by atoms with E-state index in [0.717, 1.165) is 28.0 Å². The van der Waals surface area contributed by atoms with E-state index in [2.05, 4.69) is 0 Å². The molecule has 0 aliphatic rings. The summed E-state index contributed by atoms with van der Waals surface area (Å²) < 4.78 is 17.8. The highest BCUT2D eigenvalue weighted by Gasteiger charge is 2.19. The van der Waals surface area contributed by atoms with Gasteiger partial charge in [-0.1, -0.05) is 84.9 Å². The summed E-state index contributed by atoms with van der Waals surface area (Å²) in [6.45, 7) is 0.893. The molecule has 0 spiro atoms. The maximum atomic E-state index is 13.3. The van der Waals surface area contributed by atoms with Crippen LogP contribution in [-0.2, 0) is 31.2 Å². The van der Waals surface area contributed by atoms with Crippen molar-refractivity contribution in [2.24, 2.45) is 0 Å². The summed E-state index contributed by atoms with van der Waals surface area (Å²) in [5, 5.41) is 9.51. The van der Waals surface area contributed by atoms with Crippen molar-refractivity contribution in [3.8, 4) is 17.2 Å². The number of amides is 1. The standard InChI is InChI=1S/C37H33NO6/c39-36(40)24-38(23-30-13-7-15-34(21-30)43-25-28-9-3-1-4-10-28)37(41)32-17-19-33(20-18-32)42-27-31-14-8-16-35(22-31)44-26-29-11-5-2-6-12-29/h1-22H,23-27H2,(H,39,40). The Kier molecular flexibility index (Phi) is 10.2. The van der Waals surface area contributed by atoms with Crippen LogP contribution in [0.1, 0.15) is 32.6 Å². The van der Waals surface area contributed by atoms with Gasteiger partial charge in [0.2, 0.25) is 0 Å². The van der Waals surface area contributed by atoms with Gasteiger partial charge in [-0.25, -0.2) is 0 Å². The molecule has 0 fully saturated rings. The molecule has 0 bridgehead atoms. The molecule has 0 atom stereocenters. The van der Waals surface area contributed by atoms with Crippen LogP contribution in [0.5, 0.6) is 17.2 Å². The normalized spacial score (nSPS) is 10.5. The van der Waals surface area contributed by atoms with E-state index in [-0.39, 0.29) is 6.54 Å². The molecule has 0 saturated carbocycles. The van der Waals surface area contributed by atoms with Gasteiger partial charge in [0.25, 0.3) is 5.91 Å². The molecule has 5 rings (SSSR count). The first-order valence-electron chi connectivity index (χ1n) is 14.3. The van der Waals surface area contributed by atoms with Gasteiger partial charge in [0.15, 0.2) is 0 Å². The molecule has 0 saturated heterocycles. The third kappa shape index (κ3) is 8.97. The summed E-state index contributed by atoms with van der Waals surface area (Å²) in [6, 6.07) is 41.5. The van der Waals surface area contributed by atoms with Gasteiger partial charge < -0.3 is 24.2 Å². The van der Waals surface area contributed by atoms with Crippen molar-refractivity contribution in [3.05, 3.63) is 161 Å². The molecule has 0 radical (unpaired) electrons. The first kappa shape index (κ1) is 29.9. The van der Waals surface area contributed by atoms with Crippen LogP contribution in [0.15, 0.2) is 133 Å². The molecule has 0 aliphatic heterocycles. The van der Waals surface area contributed by atoms with Crippen LogP contribution in [0.4, 0.5) is 0 Å². The Morgan fingerprint density at radius 1 is 0.523 bits per heavy atom. The number of carbonyl (C=O) groups is 2. The molecule has 0 heterocycles. The zero-order valence-electron chi connectivity index (χ0n) is 24.2. The second-order valence-electron chi connectivity index (χ2n) is 10.2. The summed E-state index contributed by atoms with van der Waals surface area (Å²) >= 11 is 0. The van der Waals surface area contributed by atoms with E-state index >= 15 is 0 Å². The van der Waals surface area contributed by atoms with Crippen molar-refractivity contribution in [2.75, 3.05) is 6.54 Å². The molecule has 7 nitrogen and oxygen atoms in total. The molecule has 0 aliphatic carbocycles. The minimum Gasteiger partial charge on any atom is -0.489 e. The molecule has 0 aromatic heterocycles. The predicted molar refractivity (Wildman–Crippen MR) is 168 cm³/mol. The van der Waals surface area contributed by atoms with E-state index in [4.69, 9.17) is 14.2 Å². The summed E-state index contributed by atoms with van der Waals surface area (Å²) in [5.74, 6) is 0.499. The molecule has 1 amide bonds. The van der Waals surface area contributed by atoms with Crippen LogP contribution >= 0.6 is 0 Å². The Morgan fingerprint density at radius 2 is 1.00 bits per heavy atom. The maximum absolute atomic E-state index is 13.3. The fraction of sp³-hybridized carbons (Fsp3) is 0.135. The van der Waals surface area contributed by atoms with Crippen LogP contribution in [0.2, 0.25) is 0 Å². The van der Waals surface area contributed by atoms with Gasteiger partial charge in [-0.2, -0.15) is 0 Å². The summed E-state index contributed by atoms with van der Waals surface area (Å²) in [4.78, 5) is 26.3. The minimum atomic E-state index is -1.09. The number of carbonyl (C=O) groups excluding carboxylic acids is 1. The Balaban J connectivity index is 1.17. The lowest BCUT2D eigenvalue weighted by molar-refractivity contribution is -0.137.